The number of hydrogen-bond acceptors (Lipinski definition) is 10. The van der Waals surface area contributed by atoms with Gasteiger partial charge in [0, 0.05) is 18.7 Å². The van der Waals surface area contributed by atoms with Gasteiger partial charge in [-0.2, -0.15) is 17.6 Å². The first-order valence-electron chi connectivity index (χ1n) is 13.8. The summed E-state index contributed by atoms with van der Waals surface area (Å²) >= 11 is 0. The molecule has 1 aromatic heterocycles. The second kappa shape index (κ2) is 11.0. The van der Waals surface area contributed by atoms with Gasteiger partial charge in [-0.25, -0.2) is 13.2 Å². The molecular weight excluding hydrogens is 626 g/mol. The second-order valence-electron chi connectivity index (χ2n) is 11.4. The van der Waals surface area contributed by atoms with Crippen molar-refractivity contribution in [3.05, 3.63) is 53.9 Å². The van der Waals surface area contributed by atoms with Crippen LogP contribution in [0.4, 0.5) is 28.0 Å². The number of methoxy groups -OCH3 is 1. The van der Waals surface area contributed by atoms with Crippen molar-refractivity contribution >= 4 is 27.5 Å². The molecule has 3 fully saturated rings. The lowest BCUT2D eigenvalue weighted by molar-refractivity contribution is -0.253. The number of anilines is 1. The zero-order valence-corrected chi connectivity index (χ0v) is 24.5. The Morgan fingerprint density at radius 2 is 1.89 bits per heavy atom. The monoisotopic (exact) mass is 653 g/mol. The van der Waals surface area contributed by atoms with Gasteiger partial charge < -0.3 is 29.4 Å². The number of halogens is 4. The van der Waals surface area contributed by atoms with Crippen LogP contribution in [-0.2, 0) is 31.3 Å². The van der Waals surface area contributed by atoms with Crippen LogP contribution >= 0.6 is 0 Å². The van der Waals surface area contributed by atoms with Gasteiger partial charge in [0.1, 0.15) is 5.75 Å². The fourth-order valence-electron chi connectivity index (χ4n) is 6.16. The van der Waals surface area contributed by atoms with E-state index in [1.807, 2.05) is 0 Å². The average molecular weight is 654 g/mol. The molecule has 1 aliphatic carbocycles. The molecule has 2 aromatic carbocycles. The fraction of sp³-hybridized carbons (Fsp3) is 0.429. The van der Waals surface area contributed by atoms with Gasteiger partial charge in [0.05, 0.1) is 41.4 Å². The summed E-state index contributed by atoms with van der Waals surface area (Å²) in [6, 6.07) is 7.37. The van der Waals surface area contributed by atoms with Gasteiger partial charge in [-0.15, -0.1) is 10.2 Å². The average Bonchev–Trinajstić information content (AvgIpc) is 3.48. The molecule has 0 unspecified atom stereocenters. The number of nitrogens with two attached hydrogens (primary N) is 1. The first-order chi connectivity index (χ1) is 21.2. The number of alkyl halides is 4. The number of nitrogens with zero attached hydrogens (tertiary/aromatic N) is 4. The first-order valence-corrected chi connectivity index (χ1v) is 15.4. The summed E-state index contributed by atoms with van der Waals surface area (Å²) < 4.78 is 93.1. The summed E-state index contributed by atoms with van der Waals surface area (Å²) in [6.07, 6.45) is -7.71. The van der Waals surface area contributed by atoms with E-state index in [2.05, 4.69) is 14.9 Å². The van der Waals surface area contributed by atoms with E-state index in [9.17, 15) is 35.6 Å². The molecule has 3 aliphatic heterocycles. The molecule has 12 nitrogen and oxygen atoms in total. The van der Waals surface area contributed by atoms with Crippen LogP contribution in [0.25, 0.3) is 11.5 Å². The molecule has 3 aromatic rings. The van der Waals surface area contributed by atoms with Gasteiger partial charge in [-0.1, -0.05) is 12.1 Å². The molecule has 4 heterocycles. The topological polar surface area (TPSA) is 158 Å². The third kappa shape index (κ3) is 5.58. The largest absolute Gasteiger partial charge is 0.461 e. The number of sulfone groups is 1. The molecule has 17 heteroatoms. The number of carbonyl (C=O) groups is 2. The minimum absolute atomic E-state index is 0.0221. The van der Waals surface area contributed by atoms with Crippen molar-refractivity contribution in [2.75, 3.05) is 30.9 Å². The van der Waals surface area contributed by atoms with Crippen LogP contribution in [0, 0.1) is 5.92 Å². The van der Waals surface area contributed by atoms with E-state index < -0.39 is 57.3 Å². The lowest BCUT2D eigenvalue weighted by Crippen LogP contribution is -2.60. The molecule has 45 heavy (non-hydrogen) atoms. The van der Waals surface area contributed by atoms with E-state index in [4.69, 9.17) is 14.9 Å². The van der Waals surface area contributed by atoms with Crippen molar-refractivity contribution in [2.24, 2.45) is 11.7 Å². The maximum Gasteiger partial charge on any atom is 0.461 e. The van der Waals surface area contributed by atoms with E-state index in [0.717, 1.165) is 29.9 Å². The first kappa shape index (κ1) is 30.8. The molecule has 2 bridgehead atoms. The maximum atomic E-state index is 13.4. The van der Waals surface area contributed by atoms with E-state index in [1.54, 1.807) is 4.90 Å². The molecular formula is C28H27F4N5O7S. The summed E-state index contributed by atoms with van der Waals surface area (Å²) in [5, 5.41) is 8.40. The highest BCUT2D eigenvalue weighted by Gasteiger charge is 2.55. The Balaban J connectivity index is 1.31. The smallest absolute Gasteiger partial charge is 0.453 e. The molecule has 2 amide bonds. The number of fused-ring (bicyclic) bond motifs is 3. The standard InChI is InChI=1S/C28H27F4N5O7S/c1-42-26(39)36-11-16-9-27(10-16,14-36)25-35-34-22(43-25)17-4-7-21-20(8-17)37(23(38)19(33)13-45(21,40)41)12-15-2-5-18(6-3-15)44-28(31,32)24(29)30/h2-8,16,19,24H,9-14,33H2,1H3/t16?,19-,27?/m0/s1. The van der Waals surface area contributed by atoms with Crippen LogP contribution in [0.5, 0.6) is 5.75 Å². The summed E-state index contributed by atoms with van der Waals surface area (Å²) in [5.74, 6) is -1.29. The third-order valence-electron chi connectivity index (χ3n) is 8.23. The predicted octanol–water partition coefficient (Wildman–Crippen LogP) is 3.35. The minimum atomic E-state index is -4.70. The zero-order valence-electron chi connectivity index (χ0n) is 23.7. The fourth-order valence-corrected chi connectivity index (χ4v) is 7.72. The normalized spacial score (nSPS) is 24.1. The zero-order chi connectivity index (χ0) is 32.3. The van der Waals surface area contributed by atoms with Gasteiger partial charge in [0.2, 0.25) is 17.7 Å². The molecule has 0 spiro atoms. The van der Waals surface area contributed by atoms with Crippen LogP contribution in [0.3, 0.4) is 0 Å². The van der Waals surface area contributed by atoms with Crippen LogP contribution in [0.15, 0.2) is 51.8 Å². The van der Waals surface area contributed by atoms with Crippen molar-refractivity contribution < 1.29 is 49.5 Å². The Morgan fingerprint density at radius 1 is 1.18 bits per heavy atom. The minimum Gasteiger partial charge on any atom is -0.453 e. The Bertz CT molecular complexity index is 1750. The number of ether oxygens (including phenoxy) is 2. The lowest BCUT2D eigenvalue weighted by Gasteiger charge is -2.53. The van der Waals surface area contributed by atoms with Crippen molar-refractivity contribution in [3.8, 4) is 17.2 Å². The number of benzene rings is 2. The Hall–Kier alpha value is -4.25. The Kier molecular flexibility index (Phi) is 7.50. The van der Waals surface area contributed by atoms with Crippen molar-refractivity contribution in [1.29, 1.82) is 0 Å². The highest BCUT2D eigenvalue weighted by Crippen LogP contribution is 2.52. The Labute approximate surface area is 254 Å². The van der Waals surface area contributed by atoms with Crippen molar-refractivity contribution in [1.82, 2.24) is 15.1 Å². The highest BCUT2D eigenvalue weighted by atomic mass is 32.2. The van der Waals surface area contributed by atoms with Gasteiger partial charge >= 0.3 is 18.6 Å². The summed E-state index contributed by atoms with van der Waals surface area (Å²) in [5.41, 5.74) is 6.06. The van der Waals surface area contributed by atoms with Crippen LogP contribution in [-0.4, -0.2) is 80.0 Å². The van der Waals surface area contributed by atoms with Crippen molar-refractivity contribution in [3.63, 3.8) is 0 Å². The maximum absolute atomic E-state index is 13.4. The molecule has 2 saturated heterocycles. The summed E-state index contributed by atoms with van der Waals surface area (Å²) in [6.45, 7) is 0.662. The molecule has 4 aliphatic rings. The predicted molar refractivity (Wildman–Crippen MR) is 147 cm³/mol. The molecule has 1 atom stereocenters. The van der Waals surface area contributed by atoms with E-state index >= 15 is 0 Å². The molecule has 240 valence electrons. The SMILES string of the molecule is COC(=O)N1CC2CC(c3nnc(-c4ccc5c(c4)N(Cc4ccc(OC(F)(F)C(F)F)cc4)C(=O)[C@@H](N)CS5(=O)=O)o3)(C2)C1. The molecule has 2 N–H and O–H groups in total. The van der Waals surface area contributed by atoms with Gasteiger partial charge in [0.15, 0.2) is 9.84 Å². The number of amides is 2. The number of aromatic nitrogens is 2. The number of hydrogen-bond donors (Lipinski definition) is 1. The molecule has 7 rings (SSSR count). The number of carbonyl (C=O) groups excluding carboxylic acids is 2. The number of rotatable bonds is 7. The van der Waals surface area contributed by atoms with Crippen LogP contribution in [0.2, 0.25) is 0 Å². The van der Waals surface area contributed by atoms with Crippen LogP contribution < -0.4 is 15.4 Å². The van der Waals surface area contributed by atoms with E-state index in [1.165, 1.54) is 37.4 Å². The quantitative estimate of drug-likeness (QED) is 0.375. The lowest BCUT2D eigenvalue weighted by atomic mass is 9.58. The number of piperidine rings is 2. The Morgan fingerprint density at radius 3 is 2.56 bits per heavy atom. The van der Waals surface area contributed by atoms with Gasteiger partial charge in [-0.3, -0.25) is 4.79 Å². The van der Waals surface area contributed by atoms with Crippen LogP contribution in [0.1, 0.15) is 24.3 Å². The van der Waals surface area contributed by atoms with E-state index in [-0.39, 0.29) is 28.9 Å². The summed E-state index contributed by atoms with van der Waals surface area (Å²) in [4.78, 5) is 28.1. The van der Waals surface area contributed by atoms with Crippen molar-refractivity contribution in [2.45, 2.75) is 48.3 Å². The molecule has 1 saturated carbocycles. The van der Waals surface area contributed by atoms with Gasteiger partial charge in [0.25, 0.3) is 0 Å². The second-order valence-corrected chi connectivity index (χ2v) is 13.4. The van der Waals surface area contributed by atoms with Gasteiger partial charge in [-0.05, 0) is 54.7 Å². The summed E-state index contributed by atoms with van der Waals surface area (Å²) in [7, 11) is -2.72. The molecule has 0 radical (unpaired) electrons. The third-order valence-corrected chi connectivity index (χ3v) is 10.0. The van der Waals surface area contributed by atoms with E-state index in [0.29, 0.717) is 30.1 Å². The highest BCUT2D eigenvalue weighted by molar-refractivity contribution is 7.91.